The minimum absolute atomic E-state index is 0.120. The van der Waals surface area contributed by atoms with E-state index in [1.165, 1.54) is 7.11 Å². The highest BCUT2D eigenvalue weighted by molar-refractivity contribution is 5.84. The van der Waals surface area contributed by atoms with Gasteiger partial charge in [0.2, 0.25) is 0 Å². The molecule has 0 aliphatic rings. The molecule has 1 aromatic rings. The Morgan fingerprint density at radius 2 is 2.25 bits per heavy atom. The van der Waals surface area contributed by atoms with E-state index in [0.29, 0.717) is 0 Å². The smallest absolute Gasteiger partial charge is 0.350 e. The minimum Gasteiger partial charge on any atom is -0.469 e. The van der Waals surface area contributed by atoms with Crippen molar-refractivity contribution >= 4 is 17.7 Å². The van der Waals surface area contributed by atoms with E-state index in [1.807, 2.05) is 0 Å². The van der Waals surface area contributed by atoms with Gasteiger partial charge in [-0.3, -0.25) is 4.79 Å². The second kappa shape index (κ2) is 5.01. The Morgan fingerprint density at radius 1 is 1.56 bits per heavy atom. The molecule has 0 N–H and O–H groups in total. The van der Waals surface area contributed by atoms with Gasteiger partial charge in [-0.1, -0.05) is 0 Å². The van der Waals surface area contributed by atoms with Crippen molar-refractivity contribution in [2.45, 2.75) is 12.8 Å². The first-order chi connectivity index (χ1) is 7.56. The predicted octanol–water partition coefficient (Wildman–Crippen LogP) is 0.385. The Morgan fingerprint density at radius 3 is 2.81 bits per heavy atom. The SMILES string of the molecule is COC(=O)CCC(=O)n1cncc1[N+](=O)[O-]. The molecule has 8 heteroatoms. The maximum Gasteiger partial charge on any atom is 0.350 e. The number of hydrogen-bond acceptors (Lipinski definition) is 6. The number of rotatable bonds is 4. The van der Waals surface area contributed by atoms with Crippen molar-refractivity contribution in [1.82, 2.24) is 9.55 Å². The summed E-state index contributed by atoms with van der Waals surface area (Å²) >= 11 is 0. The first-order valence-corrected chi connectivity index (χ1v) is 4.33. The first-order valence-electron chi connectivity index (χ1n) is 4.33. The quantitative estimate of drug-likeness (QED) is 0.418. The number of imidazole rings is 1. The van der Waals surface area contributed by atoms with Gasteiger partial charge in [0.1, 0.15) is 6.20 Å². The van der Waals surface area contributed by atoms with Gasteiger partial charge in [-0.15, -0.1) is 4.57 Å². The molecule has 0 saturated heterocycles. The summed E-state index contributed by atoms with van der Waals surface area (Å²) in [7, 11) is 1.20. The summed E-state index contributed by atoms with van der Waals surface area (Å²) < 4.78 is 5.14. The first kappa shape index (κ1) is 11.8. The maximum absolute atomic E-state index is 11.5. The van der Waals surface area contributed by atoms with Crippen molar-refractivity contribution in [1.29, 1.82) is 0 Å². The molecule has 1 aromatic heterocycles. The molecule has 0 spiro atoms. The molecule has 16 heavy (non-hydrogen) atoms. The Bertz CT molecular complexity index is 425. The van der Waals surface area contributed by atoms with Crippen LogP contribution in [-0.2, 0) is 9.53 Å². The summed E-state index contributed by atoms with van der Waals surface area (Å²) in [6.45, 7) is 0. The molecule has 0 radical (unpaired) electrons. The van der Waals surface area contributed by atoms with Crippen LogP contribution in [-0.4, -0.2) is 33.5 Å². The van der Waals surface area contributed by atoms with Crippen LogP contribution in [0.2, 0.25) is 0 Å². The van der Waals surface area contributed by atoms with Crippen LogP contribution in [0.1, 0.15) is 17.6 Å². The number of hydrogen-bond donors (Lipinski definition) is 0. The lowest BCUT2D eigenvalue weighted by atomic mass is 10.3. The average Bonchev–Trinajstić information content (AvgIpc) is 2.74. The van der Waals surface area contributed by atoms with Crippen LogP contribution in [0.4, 0.5) is 5.82 Å². The molecular formula is C8H9N3O5. The van der Waals surface area contributed by atoms with E-state index in [4.69, 9.17) is 0 Å². The fourth-order valence-electron chi connectivity index (χ4n) is 1.05. The number of nitro groups is 1. The van der Waals surface area contributed by atoms with Gasteiger partial charge in [0.05, 0.1) is 20.0 Å². The van der Waals surface area contributed by atoms with Crippen LogP contribution in [0.3, 0.4) is 0 Å². The van der Waals surface area contributed by atoms with Crippen molar-refractivity contribution in [2.24, 2.45) is 0 Å². The van der Waals surface area contributed by atoms with Crippen LogP contribution < -0.4 is 0 Å². The number of methoxy groups -OCH3 is 1. The third-order valence-corrected chi connectivity index (χ3v) is 1.85. The van der Waals surface area contributed by atoms with Gasteiger partial charge in [-0.2, -0.15) is 0 Å². The summed E-state index contributed by atoms with van der Waals surface area (Å²) in [5.74, 6) is -1.54. The lowest BCUT2D eigenvalue weighted by Gasteiger charge is -1.98. The van der Waals surface area contributed by atoms with Crippen molar-refractivity contribution in [3.63, 3.8) is 0 Å². The van der Waals surface area contributed by atoms with Gasteiger partial charge in [-0.25, -0.2) is 9.78 Å². The van der Waals surface area contributed by atoms with E-state index in [-0.39, 0.29) is 12.8 Å². The zero-order valence-electron chi connectivity index (χ0n) is 8.45. The molecule has 0 aliphatic carbocycles. The van der Waals surface area contributed by atoms with E-state index in [1.54, 1.807) is 0 Å². The third kappa shape index (κ3) is 2.62. The Hall–Kier alpha value is -2.25. The predicted molar refractivity (Wildman–Crippen MR) is 50.8 cm³/mol. The molecule has 0 fully saturated rings. The number of carbonyl (C=O) groups is 2. The second-order valence-corrected chi connectivity index (χ2v) is 2.85. The lowest BCUT2D eigenvalue weighted by molar-refractivity contribution is -0.390. The number of ether oxygens (including phenoxy) is 1. The summed E-state index contributed by atoms with van der Waals surface area (Å²) in [5.41, 5.74) is 0. The van der Waals surface area contributed by atoms with Crippen molar-refractivity contribution in [3.8, 4) is 0 Å². The molecule has 8 nitrogen and oxygen atoms in total. The highest BCUT2D eigenvalue weighted by atomic mass is 16.6. The second-order valence-electron chi connectivity index (χ2n) is 2.85. The highest BCUT2D eigenvalue weighted by Crippen LogP contribution is 2.10. The third-order valence-electron chi connectivity index (χ3n) is 1.85. The average molecular weight is 227 g/mol. The lowest BCUT2D eigenvalue weighted by Crippen LogP contribution is -2.14. The van der Waals surface area contributed by atoms with E-state index < -0.39 is 22.6 Å². The summed E-state index contributed by atoms with van der Waals surface area (Å²) in [5, 5.41) is 10.5. The minimum atomic E-state index is -0.719. The normalized spacial score (nSPS) is 9.81. The fourth-order valence-corrected chi connectivity index (χ4v) is 1.05. The van der Waals surface area contributed by atoms with Crippen molar-refractivity contribution < 1.29 is 19.2 Å². The standard InChI is InChI=1S/C8H9N3O5/c1-16-8(13)3-2-7(12)10-5-9-4-6(10)11(14)15/h4-5H,2-3H2,1H3. The monoisotopic (exact) mass is 227 g/mol. The zero-order valence-corrected chi connectivity index (χ0v) is 8.45. The number of aromatic nitrogens is 2. The number of esters is 1. The Kier molecular flexibility index (Phi) is 3.70. The summed E-state index contributed by atoms with van der Waals surface area (Å²) in [6, 6.07) is 0. The molecule has 1 heterocycles. The van der Waals surface area contributed by atoms with E-state index >= 15 is 0 Å². The molecule has 0 unspecified atom stereocenters. The van der Waals surface area contributed by atoms with Gasteiger partial charge in [0, 0.05) is 0 Å². The van der Waals surface area contributed by atoms with Crippen LogP contribution in [0.15, 0.2) is 12.5 Å². The molecule has 0 atom stereocenters. The van der Waals surface area contributed by atoms with Crippen molar-refractivity contribution in [2.75, 3.05) is 7.11 Å². The number of carbonyl (C=O) groups excluding carboxylic acids is 2. The Labute approximate surface area is 90.0 Å². The maximum atomic E-state index is 11.5. The summed E-state index contributed by atoms with van der Waals surface area (Å²) in [4.78, 5) is 35.5. The van der Waals surface area contributed by atoms with Gasteiger partial charge in [0.15, 0.2) is 6.33 Å². The van der Waals surface area contributed by atoms with Crippen LogP contribution in [0.5, 0.6) is 0 Å². The molecular weight excluding hydrogens is 218 g/mol. The molecule has 0 aliphatic heterocycles. The number of nitrogens with zero attached hydrogens (tertiary/aromatic N) is 3. The van der Waals surface area contributed by atoms with Gasteiger partial charge in [0.25, 0.3) is 0 Å². The van der Waals surface area contributed by atoms with Crippen LogP contribution in [0.25, 0.3) is 0 Å². The largest absolute Gasteiger partial charge is 0.469 e. The molecule has 1 rings (SSSR count). The molecule has 0 amide bonds. The van der Waals surface area contributed by atoms with Gasteiger partial charge >= 0.3 is 17.7 Å². The molecule has 0 bridgehead atoms. The topological polar surface area (TPSA) is 104 Å². The highest BCUT2D eigenvalue weighted by Gasteiger charge is 2.21. The zero-order chi connectivity index (χ0) is 12.1. The fraction of sp³-hybridized carbons (Fsp3) is 0.375. The van der Waals surface area contributed by atoms with Gasteiger partial charge in [-0.05, 0) is 4.92 Å². The summed E-state index contributed by atoms with van der Waals surface area (Å²) in [6.07, 6.45) is 1.72. The van der Waals surface area contributed by atoms with Crippen LogP contribution >= 0.6 is 0 Å². The Balaban J connectivity index is 2.70. The van der Waals surface area contributed by atoms with E-state index in [9.17, 15) is 19.7 Å². The molecule has 0 aromatic carbocycles. The molecule has 86 valence electrons. The van der Waals surface area contributed by atoms with E-state index in [2.05, 4.69) is 9.72 Å². The van der Waals surface area contributed by atoms with Crippen molar-refractivity contribution in [3.05, 3.63) is 22.6 Å². The van der Waals surface area contributed by atoms with E-state index in [0.717, 1.165) is 17.1 Å². The van der Waals surface area contributed by atoms with Gasteiger partial charge < -0.3 is 14.9 Å². The van der Waals surface area contributed by atoms with Crippen LogP contribution in [0, 0.1) is 10.1 Å². The molecule has 0 saturated carbocycles.